The van der Waals surface area contributed by atoms with Crippen LogP contribution in [0.5, 0.6) is 0 Å². The molecule has 0 aliphatic heterocycles. The molecule has 3 aromatic rings. The average Bonchev–Trinajstić information content (AvgIpc) is 3.05. The number of nitrogens with one attached hydrogen (secondary N) is 3. The van der Waals surface area contributed by atoms with Gasteiger partial charge in [0.05, 0.1) is 5.52 Å². The predicted octanol–water partition coefficient (Wildman–Crippen LogP) is 3.30. The highest BCUT2D eigenvalue weighted by Gasteiger charge is 2.20. The molecule has 0 unspecified atom stereocenters. The van der Waals surface area contributed by atoms with E-state index in [-0.39, 0.29) is 11.7 Å². The van der Waals surface area contributed by atoms with Crippen LogP contribution in [-0.4, -0.2) is 17.0 Å². The smallest absolute Gasteiger partial charge is 0.408 e. The van der Waals surface area contributed by atoms with Crippen molar-refractivity contribution in [1.82, 2.24) is 19.5 Å². The number of carbonyl (C=O) groups excluding carboxylic acids is 1. The van der Waals surface area contributed by atoms with E-state index in [1.807, 2.05) is 39.0 Å². The maximum absolute atomic E-state index is 11.7. The molecular formula is C22H27N5O3S. The van der Waals surface area contributed by atoms with Crippen molar-refractivity contribution in [2.24, 2.45) is 12.5 Å². The normalized spacial score (nSPS) is 11.0. The van der Waals surface area contributed by atoms with Crippen molar-refractivity contribution in [3.8, 4) is 17.7 Å². The van der Waals surface area contributed by atoms with Crippen LogP contribution in [0.15, 0.2) is 51.7 Å². The molecule has 9 heteroatoms. The number of hydrogen-bond acceptors (Lipinski definition) is 7. The van der Waals surface area contributed by atoms with Crippen LogP contribution in [0.1, 0.15) is 26.3 Å². The molecule has 1 heterocycles. The van der Waals surface area contributed by atoms with Gasteiger partial charge in [-0.25, -0.2) is 14.8 Å². The van der Waals surface area contributed by atoms with Gasteiger partial charge < -0.3 is 4.42 Å². The Balaban J connectivity index is 0.00000166. The zero-order chi connectivity index (χ0) is 23.0. The minimum Gasteiger partial charge on any atom is -0.408 e. The molecular weight excluding hydrogens is 414 g/mol. The lowest BCUT2D eigenvalue weighted by Gasteiger charge is -2.17. The molecule has 0 bridgehead atoms. The Morgan fingerprint density at radius 1 is 1.13 bits per heavy atom. The Bertz CT molecular complexity index is 1090. The van der Waals surface area contributed by atoms with E-state index in [0.717, 1.165) is 29.6 Å². The summed E-state index contributed by atoms with van der Waals surface area (Å²) >= 11 is 1.25. The number of nitriles is 1. The number of fused-ring (bicyclic) bond motifs is 1. The van der Waals surface area contributed by atoms with E-state index in [4.69, 9.17) is 9.68 Å². The highest BCUT2D eigenvalue weighted by atomic mass is 32.2. The Kier molecular flexibility index (Phi) is 8.45. The second-order valence-corrected chi connectivity index (χ2v) is 8.56. The van der Waals surface area contributed by atoms with Gasteiger partial charge in [0.15, 0.2) is 5.58 Å². The SMILES string of the molecule is C#N.Cn1c(=O)oc2ccc(-c3ccc(CCNSNNC(=O)C(C)(C)C)cc3)cc21. The van der Waals surface area contributed by atoms with Crippen molar-refractivity contribution < 1.29 is 9.21 Å². The fourth-order valence-corrected chi connectivity index (χ4v) is 3.13. The monoisotopic (exact) mass is 441 g/mol. The standard InChI is InChI=1S/C21H26N4O3S.CHN/c1-21(2,3)19(26)23-24-29-22-12-11-14-5-7-15(8-6-14)16-9-10-18-17(13-16)25(4)20(27)28-18;1-2/h5-10,13,22,24H,11-12H2,1-4H3,(H,23,26);1H. The topological polar surface area (TPSA) is 112 Å². The summed E-state index contributed by atoms with van der Waals surface area (Å²) in [5, 5.41) is 6.50. The van der Waals surface area contributed by atoms with Crippen LogP contribution in [0.3, 0.4) is 0 Å². The van der Waals surface area contributed by atoms with Gasteiger partial charge in [-0.15, -0.1) is 0 Å². The van der Waals surface area contributed by atoms with Crippen LogP contribution in [0.2, 0.25) is 0 Å². The summed E-state index contributed by atoms with van der Waals surface area (Å²) in [5.74, 6) is -0.415. The number of amides is 1. The summed E-state index contributed by atoms with van der Waals surface area (Å²) in [6, 6.07) is 14.1. The number of benzene rings is 2. The van der Waals surface area contributed by atoms with Gasteiger partial charge in [-0.2, -0.15) is 4.83 Å². The average molecular weight is 442 g/mol. The van der Waals surface area contributed by atoms with Gasteiger partial charge in [0.1, 0.15) is 0 Å². The molecule has 8 nitrogen and oxygen atoms in total. The highest BCUT2D eigenvalue weighted by Crippen LogP contribution is 2.24. The third-order valence-electron chi connectivity index (χ3n) is 4.56. The summed E-state index contributed by atoms with van der Waals surface area (Å²) in [5.41, 5.74) is 6.92. The highest BCUT2D eigenvalue weighted by molar-refractivity contribution is 7.95. The molecule has 0 atom stereocenters. The second kappa shape index (κ2) is 10.8. The molecule has 0 saturated carbocycles. The lowest BCUT2D eigenvalue weighted by molar-refractivity contribution is -0.128. The van der Waals surface area contributed by atoms with E-state index in [1.54, 1.807) is 7.05 Å². The first kappa shape index (κ1) is 24.2. The number of oxazole rings is 1. The molecule has 0 aliphatic carbocycles. The quantitative estimate of drug-likeness (QED) is 0.293. The molecule has 3 rings (SSSR count). The van der Waals surface area contributed by atoms with E-state index in [2.05, 4.69) is 45.8 Å². The van der Waals surface area contributed by atoms with E-state index in [1.165, 1.54) is 22.3 Å². The van der Waals surface area contributed by atoms with Crippen molar-refractivity contribution in [1.29, 1.82) is 5.26 Å². The van der Waals surface area contributed by atoms with Gasteiger partial charge in [0, 0.05) is 37.7 Å². The summed E-state index contributed by atoms with van der Waals surface area (Å²) in [4.78, 5) is 26.2. The van der Waals surface area contributed by atoms with Crippen molar-refractivity contribution in [2.75, 3.05) is 6.54 Å². The van der Waals surface area contributed by atoms with E-state index in [9.17, 15) is 9.59 Å². The Morgan fingerprint density at radius 3 is 2.42 bits per heavy atom. The molecule has 0 spiro atoms. The summed E-state index contributed by atoms with van der Waals surface area (Å²) in [6.45, 7) is 9.84. The summed E-state index contributed by atoms with van der Waals surface area (Å²) in [7, 11) is 1.70. The van der Waals surface area contributed by atoms with Crippen molar-refractivity contribution >= 4 is 29.1 Å². The number of aryl methyl sites for hydroxylation is 1. The first-order valence-corrected chi connectivity index (χ1v) is 10.5. The lowest BCUT2D eigenvalue weighted by Crippen LogP contribution is -2.41. The number of carbonyl (C=O) groups is 1. The van der Waals surface area contributed by atoms with Crippen LogP contribution in [0.25, 0.3) is 22.2 Å². The van der Waals surface area contributed by atoms with Gasteiger partial charge in [-0.3, -0.25) is 14.8 Å². The predicted molar refractivity (Wildman–Crippen MR) is 124 cm³/mol. The van der Waals surface area contributed by atoms with Crippen LogP contribution < -0.4 is 20.7 Å². The van der Waals surface area contributed by atoms with Crippen LogP contribution in [0.4, 0.5) is 0 Å². The number of hydrogen-bond donors (Lipinski definition) is 3. The molecule has 0 saturated heterocycles. The Labute approximate surface area is 185 Å². The van der Waals surface area contributed by atoms with Gasteiger partial charge in [-0.1, -0.05) is 51.1 Å². The van der Waals surface area contributed by atoms with Crippen molar-refractivity contribution in [2.45, 2.75) is 27.2 Å². The van der Waals surface area contributed by atoms with E-state index >= 15 is 0 Å². The number of hydrazine groups is 1. The Morgan fingerprint density at radius 2 is 1.77 bits per heavy atom. The minimum atomic E-state index is -0.424. The fourth-order valence-electron chi connectivity index (χ4n) is 2.71. The third-order valence-corrected chi connectivity index (χ3v) is 5.12. The lowest BCUT2D eigenvalue weighted by atomic mass is 9.96. The molecule has 1 aromatic heterocycles. The first-order chi connectivity index (χ1) is 14.8. The Hall–Kier alpha value is -3.06. The van der Waals surface area contributed by atoms with Gasteiger partial charge >= 0.3 is 5.76 Å². The second-order valence-electron chi connectivity index (χ2n) is 7.86. The van der Waals surface area contributed by atoms with Gasteiger partial charge in [0.25, 0.3) is 0 Å². The molecule has 3 N–H and O–H groups in total. The fraction of sp³-hybridized carbons (Fsp3) is 0.318. The van der Waals surface area contributed by atoms with Crippen molar-refractivity contribution in [3.05, 3.63) is 58.6 Å². The molecule has 0 aliphatic rings. The van der Waals surface area contributed by atoms with Gasteiger partial charge in [0.2, 0.25) is 5.91 Å². The first-order valence-electron chi connectivity index (χ1n) is 9.64. The number of aromatic nitrogens is 1. The maximum Gasteiger partial charge on any atom is 0.419 e. The molecule has 164 valence electrons. The largest absolute Gasteiger partial charge is 0.419 e. The van der Waals surface area contributed by atoms with Crippen LogP contribution in [-0.2, 0) is 18.3 Å². The van der Waals surface area contributed by atoms with E-state index < -0.39 is 5.41 Å². The van der Waals surface area contributed by atoms with Crippen LogP contribution >= 0.6 is 12.1 Å². The zero-order valence-corrected chi connectivity index (χ0v) is 18.9. The minimum absolute atomic E-state index is 0.0592. The van der Waals surface area contributed by atoms with Crippen molar-refractivity contribution in [3.63, 3.8) is 0 Å². The molecule has 2 aromatic carbocycles. The number of nitrogens with zero attached hydrogens (tertiary/aromatic N) is 2. The number of rotatable bonds is 7. The molecule has 0 radical (unpaired) electrons. The van der Waals surface area contributed by atoms with Crippen LogP contribution in [0, 0.1) is 17.2 Å². The molecule has 31 heavy (non-hydrogen) atoms. The van der Waals surface area contributed by atoms with Gasteiger partial charge in [-0.05, 0) is 35.2 Å². The van der Waals surface area contributed by atoms with E-state index in [0.29, 0.717) is 5.58 Å². The summed E-state index contributed by atoms with van der Waals surface area (Å²) < 4.78 is 9.85. The maximum atomic E-state index is 11.7. The third kappa shape index (κ3) is 6.46. The zero-order valence-electron chi connectivity index (χ0n) is 18.1. The summed E-state index contributed by atoms with van der Waals surface area (Å²) in [6.07, 6.45) is 0.859. The molecule has 0 fully saturated rings. The molecule has 1 amide bonds.